The predicted molar refractivity (Wildman–Crippen MR) is 58.6 cm³/mol. The van der Waals surface area contributed by atoms with E-state index in [0.717, 1.165) is 9.13 Å². The third-order valence-corrected chi connectivity index (χ3v) is 2.35. The molecular weight excluding hydrogens is 281 g/mol. The van der Waals surface area contributed by atoms with Gasteiger partial charge in [-0.25, -0.2) is 0 Å². The van der Waals surface area contributed by atoms with Crippen molar-refractivity contribution in [1.29, 1.82) is 0 Å². The average molecular weight is 291 g/mol. The highest BCUT2D eigenvalue weighted by atomic mass is 127. The lowest BCUT2D eigenvalue weighted by atomic mass is 10.2. The van der Waals surface area contributed by atoms with E-state index in [1.165, 1.54) is 0 Å². The zero-order chi connectivity index (χ0) is 9.84. The highest BCUT2D eigenvalue weighted by molar-refractivity contribution is 14.1. The lowest BCUT2D eigenvalue weighted by Gasteiger charge is -2.06. The number of carbonyl (C=O) groups excluding carboxylic acids is 1. The Morgan fingerprint density at radius 3 is 2.92 bits per heavy atom. The summed E-state index contributed by atoms with van der Waals surface area (Å²) in [5.74, 6) is 0.247. The first-order valence-electron chi connectivity index (χ1n) is 3.77. The Labute approximate surface area is 90.4 Å². The first kappa shape index (κ1) is 10.3. The van der Waals surface area contributed by atoms with Gasteiger partial charge in [-0.05, 0) is 47.2 Å². The lowest BCUT2D eigenvalue weighted by molar-refractivity contribution is -0.119. The minimum Gasteiger partial charge on any atom is -0.483 e. The van der Waals surface area contributed by atoms with E-state index in [-0.39, 0.29) is 6.61 Å². The van der Waals surface area contributed by atoms with Crippen molar-refractivity contribution in [2.24, 2.45) is 5.73 Å². The summed E-state index contributed by atoms with van der Waals surface area (Å²) in [6.45, 7) is 1.90. The molecule has 0 radical (unpaired) electrons. The van der Waals surface area contributed by atoms with Gasteiger partial charge in [0.1, 0.15) is 5.75 Å². The number of amides is 1. The maximum Gasteiger partial charge on any atom is 0.255 e. The first-order chi connectivity index (χ1) is 6.09. The Morgan fingerprint density at radius 1 is 1.62 bits per heavy atom. The Morgan fingerprint density at radius 2 is 2.31 bits per heavy atom. The number of nitrogens with two attached hydrogens (primary N) is 1. The number of rotatable bonds is 3. The van der Waals surface area contributed by atoms with Crippen LogP contribution in [0.5, 0.6) is 5.75 Å². The van der Waals surface area contributed by atoms with Crippen molar-refractivity contribution < 1.29 is 9.53 Å². The molecule has 0 aliphatic rings. The van der Waals surface area contributed by atoms with Gasteiger partial charge in [0, 0.05) is 0 Å². The van der Waals surface area contributed by atoms with Crippen LogP contribution < -0.4 is 10.5 Å². The molecule has 0 unspecified atom stereocenters. The van der Waals surface area contributed by atoms with Crippen LogP contribution in [-0.2, 0) is 4.79 Å². The summed E-state index contributed by atoms with van der Waals surface area (Å²) < 4.78 is 6.17. The van der Waals surface area contributed by atoms with Crippen molar-refractivity contribution in [2.75, 3.05) is 6.61 Å². The van der Waals surface area contributed by atoms with Crippen molar-refractivity contribution in [1.82, 2.24) is 0 Å². The van der Waals surface area contributed by atoms with Crippen LogP contribution in [0.4, 0.5) is 0 Å². The number of benzene rings is 1. The lowest BCUT2D eigenvalue weighted by Crippen LogP contribution is -2.20. The topological polar surface area (TPSA) is 52.3 Å². The van der Waals surface area contributed by atoms with Crippen LogP contribution in [0.15, 0.2) is 18.2 Å². The summed E-state index contributed by atoms with van der Waals surface area (Å²) in [7, 11) is 0. The fourth-order valence-corrected chi connectivity index (χ4v) is 1.36. The Hall–Kier alpha value is -0.780. The highest BCUT2D eigenvalue weighted by Crippen LogP contribution is 2.21. The number of halogens is 1. The van der Waals surface area contributed by atoms with E-state index in [9.17, 15) is 4.79 Å². The molecule has 0 aromatic heterocycles. The molecule has 0 heterocycles. The Bertz CT molecular complexity index is 325. The van der Waals surface area contributed by atoms with Crippen LogP contribution in [0.3, 0.4) is 0 Å². The smallest absolute Gasteiger partial charge is 0.255 e. The second kappa shape index (κ2) is 4.45. The SMILES string of the molecule is Cc1ccc(I)c(OCC(N)=O)c1. The molecule has 0 fully saturated rings. The molecule has 0 bridgehead atoms. The summed E-state index contributed by atoms with van der Waals surface area (Å²) in [4.78, 5) is 10.5. The molecule has 13 heavy (non-hydrogen) atoms. The second-order valence-corrected chi connectivity index (χ2v) is 3.85. The quantitative estimate of drug-likeness (QED) is 0.857. The van der Waals surface area contributed by atoms with Crippen molar-refractivity contribution in [3.63, 3.8) is 0 Å². The number of aryl methyl sites for hydroxylation is 1. The maximum atomic E-state index is 10.5. The van der Waals surface area contributed by atoms with E-state index in [2.05, 4.69) is 22.6 Å². The molecule has 0 spiro atoms. The van der Waals surface area contributed by atoms with Gasteiger partial charge < -0.3 is 10.5 Å². The van der Waals surface area contributed by atoms with Gasteiger partial charge in [-0.2, -0.15) is 0 Å². The van der Waals surface area contributed by atoms with Crippen molar-refractivity contribution in [2.45, 2.75) is 6.92 Å². The van der Waals surface area contributed by atoms with Crippen LogP contribution in [0.1, 0.15) is 5.56 Å². The average Bonchev–Trinajstić information content (AvgIpc) is 2.06. The van der Waals surface area contributed by atoms with Gasteiger partial charge in [-0.15, -0.1) is 0 Å². The van der Waals surface area contributed by atoms with Gasteiger partial charge in [-0.3, -0.25) is 4.79 Å². The molecule has 1 aromatic rings. The van der Waals surface area contributed by atoms with E-state index in [1.807, 2.05) is 25.1 Å². The summed E-state index contributed by atoms with van der Waals surface area (Å²) in [6.07, 6.45) is 0. The number of carbonyl (C=O) groups is 1. The zero-order valence-electron chi connectivity index (χ0n) is 7.21. The van der Waals surface area contributed by atoms with Crippen LogP contribution in [0.2, 0.25) is 0 Å². The number of hydrogen-bond acceptors (Lipinski definition) is 2. The van der Waals surface area contributed by atoms with Gasteiger partial charge in [0.2, 0.25) is 0 Å². The fourth-order valence-electron chi connectivity index (χ4n) is 0.870. The molecule has 70 valence electrons. The Kier molecular flexibility index (Phi) is 3.53. The van der Waals surface area contributed by atoms with Gasteiger partial charge in [0.05, 0.1) is 3.57 Å². The van der Waals surface area contributed by atoms with Crippen LogP contribution in [0.25, 0.3) is 0 Å². The molecule has 0 aliphatic heterocycles. The van der Waals surface area contributed by atoms with Gasteiger partial charge in [-0.1, -0.05) is 6.07 Å². The molecule has 1 amide bonds. The van der Waals surface area contributed by atoms with E-state index >= 15 is 0 Å². The van der Waals surface area contributed by atoms with Crippen molar-refractivity contribution >= 4 is 28.5 Å². The molecule has 0 atom stereocenters. The van der Waals surface area contributed by atoms with E-state index in [1.54, 1.807) is 0 Å². The van der Waals surface area contributed by atoms with Crippen LogP contribution >= 0.6 is 22.6 Å². The number of hydrogen-bond donors (Lipinski definition) is 1. The summed E-state index contributed by atoms with van der Waals surface area (Å²) in [5, 5.41) is 0. The summed E-state index contributed by atoms with van der Waals surface area (Å²) in [6, 6.07) is 5.80. The second-order valence-electron chi connectivity index (χ2n) is 2.69. The minimum atomic E-state index is -0.461. The predicted octanol–water partition coefficient (Wildman–Crippen LogP) is 1.46. The standard InChI is InChI=1S/C9H10INO2/c1-6-2-3-7(10)8(4-6)13-5-9(11)12/h2-4H,5H2,1H3,(H2,11,12). The third-order valence-electron chi connectivity index (χ3n) is 1.46. The molecule has 4 heteroatoms. The van der Waals surface area contributed by atoms with Gasteiger partial charge in [0.15, 0.2) is 6.61 Å². The largest absolute Gasteiger partial charge is 0.483 e. The van der Waals surface area contributed by atoms with E-state index < -0.39 is 5.91 Å². The van der Waals surface area contributed by atoms with Crippen molar-refractivity contribution in [3.8, 4) is 5.75 Å². The molecule has 0 saturated carbocycles. The molecule has 3 nitrogen and oxygen atoms in total. The maximum absolute atomic E-state index is 10.5. The zero-order valence-corrected chi connectivity index (χ0v) is 9.37. The minimum absolute atomic E-state index is 0.0700. The molecule has 2 N–H and O–H groups in total. The fraction of sp³-hybridized carbons (Fsp3) is 0.222. The summed E-state index contributed by atoms with van der Waals surface area (Å²) >= 11 is 2.15. The van der Waals surface area contributed by atoms with E-state index in [4.69, 9.17) is 10.5 Å². The van der Waals surface area contributed by atoms with Crippen molar-refractivity contribution in [3.05, 3.63) is 27.3 Å². The van der Waals surface area contributed by atoms with Crippen LogP contribution in [0, 0.1) is 10.5 Å². The van der Waals surface area contributed by atoms with E-state index in [0.29, 0.717) is 5.75 Å². The molecule has 0 saturated heterocycles. The normalized spacial score (nSPS) is 9.69. The molecule has 0 aliphatic carbocycles. The first-order valence-corrected chi connectivity index (χ1v) is 4.84. The van der Waals surface area contributed by atoms with Gasteiger partial charge >= 0.3 is 0 Å². The molecule has 1 rings (SSSR count). The highest BCUT2D eigenvalue weighted by Gasteiger charge is 2.02. The Balaban J connectivity index is 2.75. The van der Waals surface area contributed by atoms with Gasteiger partial charge in [0.25, 0.3) is 5.91 Å². The number of ether oxygens (including phenoxy) is 1. The molecule has 1 aromatic carbocycles. The monoisotopic (exact) mass is 291 g/mol. The summed E-state index contributed by atoms with van der Waals surface area (Å²) in [5.41, 5.74) is 6.06. The third kappa shape index (κ3) is 3.22. The van der Waals surface area contributed by atoms with Crippen LogP contribution in [-0.4, -0.2) is 12.5 Å². The number of primary amides is 1. The molecular formula is C9H10INO2.